The maximum absolute atomic E-state index is 5.90. The summed E-state index contributed by atoms with van der Waals surface area (Å²) in [5, 5.41) is 7.92. The van der Waals surface area contributed by atoms with Crippen molar-refractivity contribution in [3.05, 3.63) is 71.1 Å². The van der Waals surface area contributed by atoms with Gasteiger partial charge in [0.1, 0.15) is 0 Å². The van der Waals surface area contributed by atoms with Crippen LogP contribution in [0.25, 0.3) is 11.4 Å². The third-order valence-electron chi connectivity index (χ3n) is 3.65. The van der Waals surface area contributed by atoms with Crippen LogP contribution in [0.5, 0.6) is 0 Å². The fourth-order valence-electron chi connectivity index (χ4n) is 2.30. The predicted octanol–water partition coefficient (Wildman–Crippen LogP) is 4.22. The molecule has 27 heavy (non-hydrogen) atoms. The number of hydrogen-bond donors (Lipinski definition) is 1. The zero-order valence-corrected chi connectivity index (χ0v) is 18.2. The highest BCUT2D eigenvalue weighted by Crippen LogP contribution is 2.18. The Morgan fingerprint density at radius 2 is 1.81 bits per heavy atom. The summed E-state index contributed by atoms with van der Waals surface area (Å²) in [5.74, 6) is 1.77. The van der Waals surface area contributed by atoms with Gasteiger partial charge < -0.3 is 14.7 Å². The van der Waals surface area contributed by atoms with E-state index in [0.29, 0.717) is 29.8 Å². The van der Waals surface area contributed by atoms with Gasteiger partial charge in [-0.25, -0.2) is 4.99 Å². The Morgan fingerprint density at radius 1 is 1.11 bits per heavy atom. The topological polar surface area (TPSA) is 66.5 Å². The first kappa shape index (κ1) is 21.2. The maximum atomic E-state index is 5.90. The van der Waals surface area contributed by atoms with Crippen LogP contribution in [0.2, 0.25) is 5.02 Å². The Hall–Kier alpha value is -2.13. The van der Waals surface area contributed by atoms with E-state index in [-0.39, 0.29) is 24.0 Å². The molecular weight excluding hydrogens is 477 g/mol. The molecule has 0 atom stereocenters. The fourth-order valence-corrected chi connectivity index (χ4v) is 2.43. The summed E-state index contributed by atoms with van der Waals surface area (Å²) in [6.45, 7) is 0.994. The summed E-state index contributed by atoms with van der Waals surface area (Å²) in [7, 11) is 3.87. The van der Waals surface area contributed by atoms with Crippen LogP contribution in [0.4, 0.5) is 0 Å². The molecule has 0 unspecified atom stereocenters. The van der Waals surface area contributed by atoms with E-state index in [1.165, 1.54) is 0 Å². The van der Waals surface area contributed by atoms with Crippen LogP contribution >= 0.6 is 35.6 Å². The molecule has 0 fully saturated rings. The molecule has 0 radical (unpaired) electrons. The number of hydrogen-bond acceptors (Lipinski definition) is 4. The van der Waals surface area contributed by atoms with Crippen LogP contribution < -0.4 is 5.32 Å². The first-order chi connectivity index (χ1) is 12.6. The van der Waals surface area contributed by atoms with Gasteiger partial charge in [-0.3, -0.25) is 0 Å². The minimum atomic E-state index is 0. The van der Waals surface area contributed by atoms with Gasteiger partial charge >= 0.3 is 0 Å². The van der Waals surface area contributed by atoms with E-state index in [2.05, 4.69) is 20.4 Å². The molecule has 0 bridgehead atoms. The number of guanidine groups is 1. The molecule has 6 nitrogen and oxygen atoms in total. The van der Waals surface area contributed by atoms with Crippen molar-refractivity contribution in [1.82, 2.24) is 20.4 Å². The largest absolute Gasteiger partial charge is 0.349 e. The van der Waals surface area contributed by atoms with E-state index >= 15 is 0 Å². The molecule has 0 aliphatic rings. The number of benzene rings is 2. The molecule has 3 aromatic rings. The molecule has 0 amide bonds. The van der Waals surface area contributed by atoms with Gasteiger partial charge in [0.2, 0.25) is 11.7 Å². The monoisotopic (exact) mass is 497 g/mol. The molecule has 1 aromatic heterocycles. The zero-order chi connectivity index (χ0) is 18.4. The summed E-state index contributed by atoms with van der Waals surface area (Å²) in [5.41, 5.74) is 2.01. The lowest BCUT2D eigenvalue weighted by atomic mass is 10.2. The average Bonchev–Trinajstić information content (AvgIpc) is 3.12. The zero-order valence-electron chi connectivity index (χ0n) is 15.1. The maximum Gasteiger partial charge on any atom is 0.246 e. The van der Waals surface area contributed by atoms with Crippen molar-refractivity contribution in [3.8, 4) is 11.4 Å². The lowest BCUT2D eigenvalue weighted by Crippen LogP contribution is -2.36. The fraction of sp³-hybridized carbons (Fsp3) is 0.211. The molecule has 1 N–H and O–H groups in total. The Balaban J connectivity index is 0.00000261. The van der Waals surface area contributed by atoms with E-state index < -0.39 is 0 Å². The molecule has 0 saturated heterocycles. The second-order valence-corrected chi connectivity index (χ2v) is 6.33. The van der Waals surface area contributed by atoms with Crippen molar-refractivity contribution in [1.29, 1.82) is 0 Å². The van der Waals surface area contributed by atoms with Crippen LogP contribution in [0.1, 0.15) is 11.5 Å². The van der Waals surface area contributed by atoms with Crippen molar-refractivity contribution in [2.75, 3.05) is 14.1 Å². The number of halogens is 2. The van der Waals surface area contributed by atoms with Crippen molar-refractivity contribution in [2.45, 2.75) is 13.1 Å². The second-order valence-electron chi connectivity index (χ2n) is 5.89. The van der Waals surface area contributed by atoms with Gasteiger partial charge in [-0.2, -0.15) is 4.98 Å². The quantitative estimate of drug-likeness (QED) is 0.325. The van der Waals surface area contributed by atoms with E-state index in [9.17, 15) is 0 Å². The molecule has 142 valence electrons. The summed E-state index contributed by atoms with van der Waals surface area (Å²) < 4.78 is 5.31. The van der Waals surface area contributed by atoms with E-state index in [0.717, 1.165) is 17.1 Å². The molecule has 3 rings (SSSR count). The molecule has 8 heteroatoms. The van der Waals surface area contributed by atoms with Gasteiger partial charge in [-0.15, -0.1) is 24.0 Å². The van der Waals surface area contributed by atoms with E-state index in [4.69, 9.17) is 16.1 Å². The predicted molar refractivity (Wildman–Crippen MR) is 118 cm³/mol. The highest BCUT2D eigenvalue weighted by atomic mass is 127. The van der Waals surface area contributed by atoms with Gasteiger partial charge in [0.05, 0.1) is 13.1 Å². The molecule has 2 aromatic carbocycles. The van der Waals surface area contributed by atoms with Crippen LogP contribution in [0.3, 0.4) is 0 Å². The SMILES string of the molecule is CN(C)C(=NCc1ccccc1)NCc1nc(-c2ccc(Cl)cc2)no1.I. The molecule has 0 saturated carbocycles. The number of nitrogens with one attached hydrogen (secondary N) is 1. The van der Waals surface area contributed by atoms with Crippen LogP contribution in [-0.4, -0.2) is 35.1 Å². The van der Waals surface area contributed by atoms with Crippen LogP contribution in [-0.2, 0) is 13.1 Å². The lowest BCUT2D eigenvalue weighted by molar-refractivity contribution is 0.373. The Morgan fingerprint density at radius 3 is 2.48 bits per heavy atom. The number of aromatic nitrogens is 2. The van der Waals surface area contributed by atoms with Gasteiger partial charge in [0.15, 0.2) is 5.96 Å². The minimum absolute atomic E-state index is 0. The normalized spacial score (nSPS) is 11.0. The van der Waals surface area contributed by atoms with Crippen LogP contribution in [0, 0.1) is 0 Å². The number of rotatable bonds is 5. The van der Waals surface area contributed by atoms with Crippen molar-refractivity contribution in [2.24, 2.45) is 4.99 Å². The Labute approximate surface area is 180 Å². The number of nitrogens with zero attached hydrogens (tertiary/aromatic N) is 4. The molecular formula is C19H21ClIN5O. The minimum Gasteiger partial charge on any atom is -0.349 e. The standard InChI is InChI=1S/C19H20ClN5O.HI/c1-25(2)19(21-12-14-6-4-3-5-7-14)22-13-17-23-18(24-26-17)15-8-10-16(20)11-9-15;/h3-11H,12-13H2,1-2H3,(H,21,22);1H. The summed E-state index contributed by atoms with van der Waals surface area (Å²) in [6, 6.07) is 17.4. The highest BCUT2D eigenvalue weighted by Gasteiger charge is 2.10. The third-order valence-corrected chi connectivity index (χ3v) is 3.90. The van der Waals surface area contributed by atoms with Crippen molar-refractivity contribution < 1.29 is 4.52 Å². The summed E-state index contributed by atoms with van der Waals surface area (Å²) in [6.07, 6.45) is 0. The van der Waals surface area contributed by atoms with Gasteiger partial charge in [-0.05, 0) is 29.8 Å². The van der Waals surface area contributed by atoms with Crippen molar-refractivity contribution >= 4 is 41.5 Å². The molecule has 0 aliphatic carbocycles. The smallest absolute Gasteiger partial charge is 0.246 e. The first-order valence-corrected chi connectivity index (χ1v) is 8.58. The number of aliphatic imine (C=N–C) groups is 1. The summed E-state index contributed by atoms with van der Waals surface area (Å²) in [4.78, 5) is 10.9. The summed E-state index contributed by atoms with van der Waals surface area (Å²) >= 11 is 5.90. The first-order valence-electron chi connectivity index (χ1n) is 8.20. The van der Waals surface area contributed by atoms with Gasteiger partial charge in [0, 0.05) is 24.7 Å². The van der Waals surface area contributed by atoms with Crippen LogP contribution in [0.15, 0.2) is 64.1 Å². The Bertz CT molecular complexity index is 865. The molecule has 1 heterocycles. The second kappa shape index (κ2) is 10.3. The van der Waals surface area contributed by atoms with E-state index in [1.807, 2.05) is 61.5 Å². The third kappa shape index (κ3) is 6.21. The van der Waals surface area contributed by atoms with Gasteiger partial charge in [-0.1, -0.05) is 47.1 Å². The van der Waals surface area contributed by atoms with E-state index in [1.54, 1.807) is 12.1 Å². The average molecular weight is 498 g/mol. The molecule has 0 spiro atoms. The molecule has 0 aliphatic heterocycles. The van der Waals surface area contributed by atoms with Gasteiger partial charge in [0.25, 0.3) is 0 Å². The van der Waals surface area contributed by atoms with Crippen molar-refractivity contribution in [3.63, 3.8) is 0 Å². The highest BCUT2D eigenvalue weighted by molar-refractivity contribution is 14.0. The lowest BCUT2D eigenvalue weighted by Gasteiger charge is -2.16. The Kier molecular flexibility index (Phi) is 8.05.